The minimum atomic E-state index is -4.40. The molecule has 2 unspecified atom stereocenters. The average molecular weight is 428 g/mol. The van der Waals surface area contributed by atoms with E-state index < -0.39 is 23.8 Å². The lowest BCUT2D eigenvalue weighted by atomic mass is 10.0. The van der Waals surface area contributed by atoms with Gasteiger partial charge in [-0.1, -0.05) is 24.3 Å². The van der Waals surface area contributed by atoms with Crippen LogP contribution in [0.15, 0.2) is 66.5 Å². The Morgan fingerprint density at radius 3 is 2.74 bits per heavy atom. The summed E-state index contributed by atoms with van der Waals surface area (Å²) in [6, 6.07) is 11.0. The summed E-state index contributed by atoms with van der Waals surface area (Å²) in [4.78, 5) is 18.5. The van der Waals surface area contributed by atoms with Gasteiger partial charge < -0.3 is 21.3 Å². The molecule has 0 aliphatic carbocycles. The molecular formula is C22H21F3N5O-. The Balaban J connectivity index is 1.44. The average Bonchev–Trinajstić information content (AvgIpc) is 3.22. The molecule has 6 nitrogen and oxygen atoms in total. The van der Waals surface area contributed by atoms with Crippen molar-refractivity contribution in [2.45, 2.75) is 24.8 Å². The Morgan fingerprint density at radius 2 is 2.10 bits per heavy atom. The fourth-order valence-electron chi connectivity index (χ4n) is 3.77. The number of halogens is 3. The van der Waals surface area contributed by atoms with Gasteiger partial charge in [0.2, 0.25) is 0 Å². The first-order valence-electron chi connectivity index (χ1n) is 9.83. The van der Waals surface area contributed by atoms with Crippen LogP contribution in [0.2, 0.25) is 0 Å². The SMILES string of the molecule is NC(=O)c1cc(-c2ccccn2)ccc1N1CCC(NC2C=CC(C(F)(F)F)=C[N-]2)C1. The Morgan fingerprint density at radius 1 is 1.26 bits per heavy atom. The van der Waals surface area contributed by atoms with E-state index in [9.17, 15) is 18.0 Å². The highest BCUT2D eigenvalue weighted by Crippen LogP contribution is 2.31. The van der Waals surface area contributed by atoms with Gasteiger partial charge in [0, 0.05) is 42.2 Å². The summed E-state index contributed by atoms with van der Waals surface area (Å²) < 4.78 is 38.1. The van der Waals surface area contributed by atoms with E-state index in [0.29, 0.717) is 18.7 Å². The highest BCUT2D eigenvalue weighted by Gasteiger charge is 2.31. The molecular weight excluding hydrogens is 407 g/mol. The van der Waals surface area contributed by atoms with Crippen molar-refractivity contribution in [1.82, 2.24) is 10.3 Å². The van der Waals surface area contributed by atoms with Crippen LogP contribution in [0.4, 0.5) is 18.9 Å². The lowest BCUT2D eigenvalue weighted by molar-refractivity contribution is -0.0884. The molecule has 3 heterocycles. The molecule has 2 atom stereocenters. The third-order valence-electron chi connectivity index (χ3n) is 5.32. The van der Waals surface area contributed by atoms with Crippen molar-refractivity contribution in [3.05, 3.63) is 77.4 Å². The summed E-state index contributed by atoms with van der Waals surface area (Å²) in [5, 5.41) is 7.19. The number of hydrogen-bond donors (Lipinski definition) is 2. The number of anilines is 1. The number of nitrogens with zero attached hydrogens (tertiary/aromatic N) is 3. The first-order chi connectivity index (χ1) is 14.8. The molecule has 2 aliphatic rings. The van der Waals surface area contributed by atoms with Crippen LogP contribution < -0.4 is 16.0 Å². The van der Waals surface area contributed by atoms with Crippen molar-refractivity contribution in [3.63, 3.8) is 0 Å². The summed E-state index contributed by atoms with van der Waals surface area (Å²) >= 11 is 0. The van der Waals surface area contributed by atoms with Crippen LogP contribution in [-0.4, -0.2) is 42.4 Å². The zero-order valence-corrected chi connectivity index (χ0v) is 16.5. The van der Waals surface area contributed by atoms with Crippen LogP contribution in [0, 0.1) is 0 Å². The van der Waals surface area contributed by atoms with Gasteiger partial charge in [0.05, 0.1) is 11.3 Å². The summed E-state index contributed by atoms with van der Waals surface area (Å²) in [5.74, 6) is -0.528. The number of allylic oxidation sites excluding steroid dienone is 2. The lowest BCUT2D eigenvalue weighted by Gasteiger charge is -2.35. The number of primary amides is 1. The Bertz CT molecular complexity index is 1020. The number of hydrogen-bond acceptors (Lipinski definition) is 4. The third kappa shape index (κ3) is 4.72. The van der Waals surface area contributed by atoms with E-state index in [1.54, 1.807) is 12.3 Å². The molecule has 2 aliphatic heterocycles. The number of carbonyl (C=O) groups is 1. The van der Waals surface area contributed by atoms with E-state index in [2.05, 4.69) is 15.6 Å². The second kappa shape index (κ2) is 8.43. The van der Waals surface area contributed by atoms with Gasteiger partial charge in [0.15, 0.2) is 0 Å². The molecule has 1 aromatic heterocycles. The van der Waals surface area contributed by atoms with Gasteiger partial charge in [-0.05, 0) is 36.9 Å². The number of nitrogens with one attached hydrogen (secondary N) is 1. The van der Waals surface area contributed by atoms with E-state index >= 15 is 0 Å². The molecule has 3 N–H and O–H groups in total. The fraction of sp³-hybridized carbons (Fsp3) is 0.273. The number of rotatable bonds is 5. The van der Waals surface area contributed by atoms with Crippen molar-refractivity contribution in [2.75, 3.05) is 18.0 Å². The molecule has 9 heteroatoms. The number of carbonyl (C=O) groups excluding carboxylic acids is 1. The highest BCUT2D eigenvalue weighted by molar-refractivity contribution is 6.00. The van der Waals surface area contributed by atoms with Gasteiger partial charge in [-0.2, -0.15) is 19.4 Å². The smallest absolute Gasteiger partial charge is 0.414 e. The zero-order valence-electron chi connectivity index (χ0n) is 16.5. The van der Waals surface area contributed by atoms with Gasteiger partial charge in [-0.15, -0.1) is 0 Å². The lowest BCUT2D eigenvalue weighted by Crippen LogP contribution is -2.39. The highest BCUT2D eigenvalue weighted by atomic mass is 19.4. The zero-order chi connectivity index (χ0) is 22.0. The molecule has 0 spiro atoms. The molecule has 0 radical (unpaired) electrons. The van der Waals surface area contributed by atoms with Gasteiger partial charge in [-0.3, -0.25) is 9.78 Å². The van der Waals surface area contributed by atoms with Crippen molar-refractivity contribution in [1.29, 1.82) is 0 Å². The molecule has 4 rings (SSSR count). The van der Waals surface area contributed by atoms with Gasteiger partial charge in [0.25, 0.3) is 5.91 Å². The number of amides is 1. The minimum Gasteiger partial charge on any atom is -0.672 e. The number of benzene rings is 1. The topological polar surface area (TPSA) is 85.3 Å². The number of pyridine rings is 1. The number of alkyl halides is 3. The van der Waals surface area contributed by atoms with Crippen molar-refractivity contribution < 1.29 is 18.0 Å². The molecule has 1 fully saturated rings. The summed E-state index contributed by atoms with van der Waals surface area (Å²) in [7, 11) is 0. The van der Waals surface area contributed by atoms with E-state index in [4.69, 9.17) is 5.73 Å². The Kier molecular flexibility index (Phi) is 5.69. The fourth-order valence-corrected chi connectivity index (χ4v) is 3.77. The maximum Gasteiger partial charge on any atom is 0.414 e. The molecule has 162 valence electrons. The van der Waals surface area contributed by atoms with Gasteiger partial charge in [-0.25, -0.2) is 0 Å². The Hall–Kier alpha value is -3.33. The standard InChI is InChI=1S/C22H21F3N5O/c23-22(24,25)15-5-7-20(28-12-15)29-16-8-10-30(13-16)19-6-4-14(11-17(19)21(26)31)18-3-1-2-9-27-18/h1-7,9,11-12,16,20,29H,8,10,13H2,(H2,26,31)/q-1. The summed E-state index contributed by atoms with van der Waals surface area (Å²) in [5.41, 5.74) is 7.55. The van der Waals surface area contributed by atoms with Crippen LogP contribution >= 0.6 is 0 Å². The molecule has 0 saturated carbocycles. The third-order valence-corrected chi connectivity index (χ3v) is 5.32. The van der Waals surface area contributed by atoms with E-state index in [-0.39, 0.29) is 6.04 Å². The monoisotopic (exact) mass is 428 g/mol. The van der Waals surface area contributed by atoms with Crippen LogP contribution in [0.25, 0.3) is 16.6 Å². The van der Waals surface area contributed by atoms with Gasteiger partial charge in [0.1, 0.15) is 0 Å². The molecule has 1 saturated heterocycles. The normalized spacial score (nSPS) is 21.0. The van der Waals surface area contributed by atoms with Gasteiger partial charge >= 0.3 is 6.18 Å². The quantitative estimate of drug-likeness (QED) is 0.760. The second-order valence-electron chi connectivity index (χ2n) is 7.44. The van der Waals surface area contributed by atoms with Crippen LogP contribution in [0.5, 0.6) is 0 Å². The van der Waals surface area contributed by atoms with E-state index in [1.807, 2.05) is 35.2 Å². The second-order valence-corrected chi connectivity index (χ2v) is 7.44. The van der Waals surface area contributed by atoms with E-state index in [1.165, 1.54) is 6.08 Å². The molecule has 2 aromatic rings. The summed E-state index contributed by atoms with van der Waals surface area (Å²) in [6.07, 6.45) is 0.824. The molecule has 0 bridgehead atoms. The minimum absolute atomic E-state index is 0.00966. The predicted octanol–water partition coefficient (Wildman–Crippen LogP) is 3.73. The van der Waals surface area contributed by atoms with E-state index in [0.717, 1.165) is 35.6 Å². The number of nitrogens with two attached hydrogens (primary N) is 1. The maximum atomic E-state index is 12.7. The van der Waals surface area contributed by atoms with Crippen LogP contribution in [-0.2, 0) is 0 Å². The first kappa shape index (κ1) is 20.9. The first-order valence-corrected chi connectivity index (χ1v) is 9.83. The maximum absolute atomic E-state index is 12.7. The molecule has 31 heavy (non-hydrogen) atoms. The number of aromatic nitrogens is 1. The largest absolute Gasteiger partial charge is 0.672 e. The van der Waals surface area contributed by atoms with Crippen LogP contribution in [0.3, 0.4) is 0 Å². The summed E-state index contributed by atoms with van der Waals surface area (Å²) in [6.45, 7) is 1.26. The van der Waals surface area contributed by atoms with Crippen LogP contribution in [0.1, 0.15) is 16.8 Å². The molecule has 1 aromatic carbocycles. The predicted molar refractivity (Wildman–Crippen MR) is 112 cm³/mol. The Labute approximate surface area is 177 Å². The van der Waals surface area contributed by atoms with Crippen molar-refractivity contribution in [3.8, 4) is 11.3 Å². The van der Waals surface area contributed by atoms with Crippen molar-refractivity contribution >= 4 is 11.6 Å². The van der Waals surface area contributed by atoms with Crippen molar-refractivity contribution in [2.24, 2.45) is 5.73 Å². The molecule has 1 amide bonds.